The van der Waals surface area contributed by atoms with Crippen LogP contribution < -0.4 is 20.6 Å². The van der Waals surface area contributed by atoms with E-state index in [1.54, 1.807) is 21.3 Å². The number of anilines is 1. The van der Waals surface area contributed by atoms with E-state index in [1.165, 1.54) is 7.11 Å². The average molecular weight is 393 g/mol. The van der Waals surface area contributed by atoms with Gasteiger partial charge in [-0.2, -0.15) is 15.2 Å². The maximum Gasteiger partial charge on any atom is 0.330 e. The van der Waals surface area contributed by atoms with Crippen molar-refractivity contribution in [1.29, 1.82) is 5.26 Å². The summed E-state index contributed by atoms with van der Waals surface area (Å²) in [5.41, 5.74) is 2.66. The minimum Gasteiger partial charge on any atom is -0.467 e. The smallest absolute Gasteiger partial charge is 0.330 e. The number of nitrogens with zero attached hydrogens (tertiary/aromatic N) is 6. The molecule has 3 aromatic rings. The minimum atomic E-state index is -0.134. The second kappa shape index (κ2) is 7.93. The van der Waals surface area contributed by atoms with E-state index in [0.717, 1.165) is 43.1 Å². The Morgan fingerprint density at radius 1 is 1.17 bits per heavy atom. The Hall–Kier alpha value is -3.38. The second-order valence-corrected chi connectivity index (χ2v) is 6.86. The number of aromatic nitrogens is 4. The highest BCUT2D eigenvalue weighted by atomic mass is 16.5. The summed E-state index contributed by atoms with van der Waals surface area (Å²) in [6.07, 6.45) is 0. The summed E-state index contributed by atoms with van der Waals surface area (Å²) in [6.45, 7) is 6.13. The predicted octanol–water partition coefficient (Wildman–Crippen LogP) is 0.951. The third-order valence-corrected chi connectivity index (χ3v) is 5.15. The standard InChI is InChI=1S/C20H23N7O2/c1-3-26-16-17(25-10-8-22-9-11-25)23-19(29-2)24-18(16)27(20(26)28)13-15-6-4-14(12-21)5-7-15/h4-7,22H,3,8-11,13H2,1-2H3. The molecule has 0 atom stereocenters. The molecule has 1 fully saturated rings. The van der Waals surface area contributed by atoms with Gasteiger partial charge in [-0.05, 0) is 24.6 Å². The molecule has 1 saturated heterocycles. The predicted molar refractivity (Wildman–Crippen MR) is 109 cm³/mol. The van der Waals surface area contributed by atoms with Crippen LogP contribution >= 0.6 is 0 Å². The highest BCUT2D eigenvalue weighted by Crippen LogP contribution is 2.26. The number of aryl methyl sites for hydroxylation is 1. The third-order valence-electron chi connectivity index (χ3n) is 5.15. The lowest BCUT2D eigenvalue weighted by molar-refractivity contribution is 0.380. The van der Waals surface area contributed by atoms with Crippen molar-refractivity contribution in [1.82, 2.24) is 24.4 Å². The van der Waals surface area contributed by atoms with Crippen LogP contribution in [-0.4, -0.2) is 52.4 Å². The van der Waals surface area contributed by atoms with Crippen molar-refractivity contribution in [2.24, 2.45) is 0 Å². The van der Waals surface area contributed by atoms with E-state index < -0.39 is 0 Å². The molecule has 0 radical (unpaired) electrons. The molecule has 0 amide bonds. The Bertz CT molecular complexity index is 1120. The van der Waals surface area contributed by atoms with Crippen molar-refractivity contribution in [3.8, 4) is 12.1 Å². The summed E-state index contributed by atoms with van der Waals surface area (Å²) in [7, 11) is 1.53. The number of nitriles is 1. The number of methoxy groups -OCH3 is 1. The van der Waals surface area contributed by atoms with Gasteiger partial charge in [-0.25, -0.2) is 4.79 Å². The zero-order valence-corrected chi connectivity index (χ0v) is 16.6. The fourth-order valence-corrected chi connectivity index (χ4v) is 3.67. The second-order valence-electron chi connectivity index (χ2n) is 6.86. The monoisotopic (exact) mass is 393 g/mol. The van der Waals surface area contributed by atoms with Gasteiger partial charge in [0, 0.05) is 32.7 Å². The highest BCUT2D eigenvalue weighted by molar-refractivity contribution is 5.85. The van der Waals surface area contributed by atoms with E-state index >= 15 is 0 Å². The Morgan fingerprint density at radius 2 is 1.90 bits per heavy atom. The summed E-state index contributed by atoms with van der Waals surface area (Å²) < 4.78 is 8.71. The Balaban J connectivity index is 1.89. The average Bonchev–Trinajstić information content (AvgIpc) is 3.04. The maximum absolute atomic E-state index is 13.2. The van der Waals surface area contributed by atoms with Crippen LogP contribution in [0.4, 0.5) is 5.82 Å². The van der Waals surface area contributed by atoms with Gasteiger partial charge >= 0.3 is 11.7 Å². The number of rotatable bonds is 5. The van der Waals surface area contributed by atoms with Crippen LogP contribution in [0, 0.1) is 11.3 Å². The molecule has 0 spiro atoms. The van der Waals surface area contributed by atoms with Crippen molar-refractivity contribution in [2.45, 2.75) is 20.0 Å². The zero-order chi connectivity index (χ0) is 20.4. The van der Waals surface area contributed by atoms with Crippen LogP contribution in [0.5, 0.6) is 6.01 Å². The molecule has 1 aliphatic heterocycles. The fraction of sp³-hybridized carbons (Fsp3) is 0.400. The van der Waals surface area contributed by atoms with Gasteiger partial charge in [0.05, 0.1) is 25.3 Å². The molecule has 0 unspecified atom stereocenters. The molecule has 9 nitrogen and oxygen atoms in total. The molecule has 29 heavy (non-hydrogen) atoms. The van der Waals surface area contributed by atoms with Gasteiger partial charge in [0.15, 0.2) is 11.5 Å². The van der Waals surface area contributed by atoms with Crippen LogP contribution in [0.1, 0.15) is 18.1 Å². The molecule has 3 heterocycles. The molecule has 0 saturated carbocycles. The fourth-order valence-electron chi connectivity index (χ4n) is 3.67. The Kier molecular flexibility index (Phi) is 5.18. The number of fused-ring (bicyclic) bond motifs is 1. The lowest BCUT2D eigenvalue weighted by Crippen LogP contribution is -2.44. The van der Waals surface area contributed by atoms with Gasteiger partial charge < -0.3 is 15.0 Å². The zero-order valence-electron chi connectivity index (χ0n) is 16.6. The van der Waals surface area contributed by atoms with Crippen LogP contribution in [0.25, 0.3) is 11.2 Å². The van der Waals surface area contributed by atoms with Crippen LogP contribution in [-0.2, 0) is 13.1 Å². The first-order valence-corrected chi connectivity index (χ1v) is 9.66. The summed E-state index contributed by atoms with van der Waals surface area (Å²) in [4.78, 5) is 24.5. The number of hydrogen-bond donors (Lipinski definition) is 1. The number of benzene rings is 1. The molecule has 9 heteroatoms. The number of ether oxygens (including phenoxy) is 1. The molecule has 0 bridgehead atoms. The first-order chi connectivity index (χ1) is 14.2. The molecule has 4 rings (SSSR count). The van der Waals surface area contributed by atoms with E-state index in [1.807, 2.05) is 19.1 Å². The maximum atomic E-state index is 13.2. The first-order valence-electron chi connectivity index (χ1n) is 9.66. The number of piperazine rings is 1. The molecule has 150 valence electrons. The summed E-state index contributed by atoms with van der Waals surface area (Å²) in [6, 6.07) is 9.57. The Labute approximate surface area is 168 Å². The number of nitrogens with one attached hydrogen (secondary N) is 1. The van der Waals surface area contributed by atoms with Gasteiger partial charge in [0.2, 0.25) is 0 Å². The van der Waals surface area contributed by atoms with Crippen molar-refractivity contribution in [2.75, 3.05) is 38.2 Å². The molecule has 2 aromatic heterocycles. The van der Waals surface area contributed by atoms with Crippen LogP contribution in [0.3, 0.4) is 0 Å². The topological polar surface area (TPSA) is 101 Å². The van der Waals surface area contributed by atoms with Crippen LogP contribution in [0.2, 0.25) is 0 Å². The van der Waals surface area contributed by atoms with Gasteiger partial charge in [-0.3, -0.25) is 9.13 Å². The van der Waals surface area contributed by atoms with E-state index in [2.05, 4.69) is 26.3 Å². The largest absolute Gasteiger partial charge is 0.467 e. The van der Waals surface area contributed by atoms with E-state index in [-0.39, 0.29) is 11.7 Å². The van der Waals surface area contributed by atoms with Crippen molar-refractivity contribution in [3.05, 3.63) is 45.9 Å². The summed E-state index contributed by atoms with van der Waals surface area (Å²) in [5.74, 6) is 0.728. The molecular formula is C20H23N7O2. The lowest BCUT2D eigenvalue weighted by Gasteiger charge is -2.29. The van der Waals surface area contributed by atoms with E-state index in [0.29, 0.717) is 24.3 Å². The van der Waals surface area contributed by atoms with Crippen molar-refractivity contribution >= 4 is 17.0 Å². The quantitative estimate of drug-likeness (QED) is 0.689. The molecule has 1 N–H and O–H groups in total. The van der Waals surface area contributed by atoms with Gasteiger partial charge in [0.1, 0.15) is 5.52 Å². The summed E-state index contributed by atoms with van der Waals surface area (Å²) >= 11 is 0. The van der Waals surface area contributed by atoms with Gasteiger partial charge in [-0.1, -0.05) is 12.1 Å². The molecule has 1 aliphatic rings. The van der Waals surface area contributed by atoms with Gasteiger partial charge in [0.25, 0.3) is 0 Å². The number of hydrogen-bond acceptors (Lipinski definition) is 7. The third kappa shape index (κ3) is 3.43. The number of imidazole rings is 1. The normalized spacial score (nSPS) is 14.2. The van der Waals surface area contributed by atoms with Crippen molar-refractivity contribution < 1.29 is 4.74 Å². The molecule has 0 aliphatic carbocycles. The minimum absolute atomic E-state index is 0.134. The van der Waals surface area contributed by atoms with E-state index in [9.17, 15) is 4.79 Å². The SMILES string of the molecule is CCn1c(=O)n(Cc2ccc(C#N)cc2)c2nc(OC)nc(N3CCNCC3)c21. The molecular weight excluding hydrogens is 370 g/mol. The summed E-state index contributed by atoms with van der Waals surface area (Å²) in [5, 5.41) is 12.3. The Morgan fingerprint density at radius 3 is 2.52 bits per heavy atom. The highest BCUT2D eigenvalue weighted by Gasteiger charge is 2.24. The lowest BCUT2D eigenvalue weighted by atomic mass is 10.1. The molecule has 1 aromatic carbocycles. The van der Waals surface area contributed by atoms with Crippen molar-refractivity contribution in [3.63, 3.8) is 0 Å². The van der Waals surface area contributed by atoms with E-state index in [4.69, 9.17) is 10.00 Å². The van der Waals surface area contributed by atoms with Gasteiger partial charge in [-0.15, -0.1) is 0 Å². The van der Waals surface area contributed by atoms with Crippen LogP contribution in [0.15, 0.2) is 29.1 Å². The first kappa shape index (κ1) is 19.0.